The first-order valence-corrected chi connectivity index (χ1v) is 17.1. The van der Waals surface area contributed by atoms with Crippen molar-refractivity contribution < 1.29 is 0 Å². The van der Waals surface area contributed by atoms with Crippen molar-refractivity contribution in [3.63, 3.8) is 0 Å². The summed E-state index contributed by atoms with van der Waals surface area (Å²) in [5.41, 5.74) is 12.8. The predicted octanol–water partition coefficient (Wildman–Crippen LogP) is 13.0. The second-order valence-corrected chi connectivity index (χ2v) is 14.0. The molecule has 0 unspecified atom stereocenters. The van der Waals surface area contributed by atoms with Gasteiger partial charge in [-0.1, -0.05) is 135 Å². The molecule has 49 heavy (non-hydrogen) atoms. The topological polar surface area (TPSA) is 12.9 Å². The van der Waals surface area contributed by atoms with Gasteiger partial charge >= 0.3 is 0 Å². The van der Waals surface area contributed by atoms with Gasteiger partial charge in [-0.25, -0.2) is 0 Å². The van der Waals surface area contributed by atoms with Crippen LogP contribution < -0.4 is 0 Å². The number of hydrogen-bond donors (Lipinski definition) is 0. The SMILES string of the molecule is CC1(C)c2ccccc2-c2ccc(-c3ccc4c(-c5ccc6ccccc6c5)c5cnccc5c(-c5ccc6ccccc6c5)c4c3)cc21. The highest BCUT2D eigenvalue weighted by Crippen LogP contribution is 2.50. The lowest BCUT2D eigenvalue weighted by Crippen LogP contribution is -2.14. The first kappa shape index (κ1) is 28.0. The van der Waals surface area contributed by atoms with Crippen molar-refractivity contribution in [3.8, 4) is 44.5 Å². The molecule has 0 saturated heterocycles. The number of nitrogens with zero attached hydrogens (tertiary/aromatic N) is 1. The monoisotopic (exact) mass is 623 g/mol. The van der Waals surface area contributed by atoms with Gasteiger partial charge in [0, 0.05) is 23.2 Å². The molecule has 1 aromatic heterocycles. The van der Waals surface area contributed by atoms with E-state index in [0.717, 1.165) is 0 Å². The second kappa shape index (κ2) is 10.5. The van der Waals surface area contributed by atoms with E-state index in [1.165, 1.54) is 98.7 Å². The van der Waals surface area contributed by atoms with Crippen molar-refractivity contribution in [2.24, 2.45) is 0 Å². The molecule has 0 aliphatic heterocycles. The minimum atomic E-state index is -0.0541. The average molecular weight is 624 g/mol. The van der Waals surface area contributed by atoms with Gasteiger partial charge in [0.2, 0.25) is 0 Å². The van der Waals surface area contributed by atoms with E-state index >= 15 is 0 Å². The van der Waals surface area contributed by atoms with Gasteiger partial charge in [0.05, 0.1) is 0 Å². The van der Waals surface area contributed by atoms with E-state index in [1.54, 1.807) is 0 Å². The van der Waals surface area contributed by atoms with Gasteiger partial charge in [-0.15, -0.1) is 0 Å². The standard InChI is InChI=1S/C48H33N/c1-48(2)44-14-8-7-13-38(44)39-21-19-35(28-45(39)48)34-20-22-40-42(27-34)46(36-17-15-30-9-3-5-11-32(30)25-36)41-23-24-49-29-43(41)47(40)37-18-16-31-10-4-6-12-33(31)26-37/h3-29H,1-2H3. The smallest absolute Gasteiger partial charge is 0.0353 e. The molecule has 0 saturated carbocycles. The van der Waals surface area contributed by atoms with Crippen LogP contribution in [0.15, 0.2) is 164 Å². The zero-order chi connectivity index (χ0) is 32.7. The van der Waals surface area contributed by atoms with Crippen LogP contribution in [0.25, 0.3) is 87.6 Å². The Morgan fingerprint density at radius 1 is 0.388 bits per heavy atom. The quantitative estimate of drug-likeness (QED) is 0.178. The largest absolute Gasteiger partial charge is 0.264 e. The van der Waals surface area contributed by atoms with Gasteiger partial charge in [0.25, 0.3) is 0 Å². The van der Waals surface area contributed by atoms with Gasteiger partial charge in [0.15, 0.2) is 0 Å². The number of fused-ring (bicyclic) bond motifs is 7. The van der Waals surface area contributed by atoms with Crippen LogP contribution in [0.1, 0.15) is 25.0 Å². The number of pyridine rings is 1. The van der Waals surface area contributed by atoms with Crippen molar-refractivity contribution in [1.29, 1.82) is 0 Å². The van der Waals surface area contributed by atoms with Crippen LogP contribution in [-0.2, 0) is 5.41 Å². The molecule has 1 nitrogen and oxygen atoms in total. The lowest BCUT2D eigenvalue weighted by molar-refractivity contribution is 0.660. The first-order chi connectivity index (χ1) is 24.0. The van der Waals surface area contributed by atoms with E-state index in [4.69, 9.17) is 0 Å². The maximum atomic E-state index is 4.68. The molecular weight excluding hydrogens is 591 g/mol. The van der Waals surface area contributed by atoms with E-state index in [1.807, 2.05) is 6.20 Å². The van der Waals surface area contributed by atoms with E-state index < -0.39 is 0 Å². The average Bonchev–Trinajstić information content (AvgIpc) is 3.38. The summed E-state index contributed by atoms with van der Waals surface area (Å²) in [6.07, 6.45) is 3.99. The van der Waals surface area contributed by atoms with Crippen molar-refractivity contribution >= 4 is 43.1 Å². The van der Waals surface area contributed by atoms with Crippen molar-refractivity contribution in [3.05, 3.63) is 175 Å². The van der Waals surface area contributed by atoms with E-state index in [2.05, 4.69) is 177 Å². The molecule has 9 aromatic rings. The summed E-state index contributed by atoms with van der Waals surface area (Å²) in [6, 6.07) is 56.2. The van der Waals surface area contributed by atoms with Crippen molar-refractivity contribution in [2.45, 2.75) is 19.3 Å². The third kappa shape index (κ3) is 4.22. The zero-order valence-electron chi connectivity index (χ0n) is 27.5. The fraction of sp³-hybridized carbons (Fsp3) is 0.0625. The zero-order valence-corrected chi connectivity index (χ0v) is 27.5. The molecule has 0 N–H and O–H groups in total. The van der Waals surface area contributed by atoms with Crippen LogP contribution in [0, 0.1) is 0 Å². The van der Waals surface area contributed by atoms with E-state index in [9.17, 15) is 0 Å². The Balaban J connectivity index is 1.27. The summed E-state index contributed by atoms with van der Waals surface area (Å²) in [5, 5.41) is 9.83. The fourth-order valence-electron chi connectivity index (χ4n) is 8.45. The normalized spacial score (nSPS) is 13.3. The molecule has 0 atom stereocenters. The third-order valence-electron chi connectivity index (χ3n) is 10.9. The maximum Gasteiger partial charge on any atom is 0.0353 e. The molecule has 1 heterocycles. The number of rotatable bonds is 3. The van der Waals surface area contributed by atoms with Crippen LogP contribution in [0.3, 0.4) is 0 Å². The molecular formula is C48H33N. The van der Waals surface area contributed by atoms with Gasteiger partial charge in [-0.3, -0.25) is 4.98 Å². The Morgan fingerprint density at radius 2 is 0.939 bits per heavy atom. The van der Waals surface area contributed by atoms with Crippen molar-refractivity contribution in [1.82, 2.24) is 4.98 Å². The first-order valence-electron chi connectivity index (χ1n) is 17.1. The van der Waals surface area contributed by atoms with Gasteiger partial charge < -0.3 is 0 Å². The number of hydrogen-bond acceptors (Lipinski definition) is 1. The van der Waals surface area contributed by atoms with Gasteiger partial charge in [0.1, 0.15) is 0 Å². The highest BCUT2D eigenvalue weighted by molar-refractivity contribution is 6.22. The van der Waals surface area contributed by atoms with E-state index in [0.29, 0.717) is 0 Å². The third-order valence-corrected chi connectivity index (χ3v) is 10.9. The van der Waals surface area contributed by atoms with Crippen molar-refractivity contribution in [2.75, 3.05) is 0 Å². The number of benzene rings is 8. The highest BCUT2D eigenvalue weighted by Gasteiger charge is 2.35. The molecule has 0 spiro atoms. The highest BCUT2D eigenvalue weighted by atomic mass is 14.6. The molecule has 230 valence electrons. The van der Waals surface area contributed by atoms with Crippen LogP contribution in [0.5, 0.6) is 0 Å². The molecule has 1 heteroatoms. The van der Waals surface area contributed by atoms with Crippen LogP contribution in [0.4, 0.5) is 0 Å². The lowest BCUT2D eigenvalue weighted by Gasteiger charge is -2.22. The number of aromatic nitrogens is 1. The Morgan fingerprint density at radius 3 is 1.67 bits per heavy atom. The van der Waals surface area contributed by atoms with Gasteiger partial charge in [-0.2, -0.15) is 0 Å². The summed E-state index contributed by atoms with van der Waals surface area (Å²) in [7, 11) is 0. The minimum Gasteiger partial charge on any atom is -0.264 e. The molecule has 0 fully saturated rings. The molecule has 0 radical (unpaired) electrons. The summed E-state index contributed by atoms with van der Waals surface area (Å²) in [5.74, 6) is 0. The molecule has 1 aliphatic rings. The lowest BCUT2D eigenvalue weighted by atomic mass is 9.81. The summed E-state index contributed by atoms with van der Waals surface area (Å²) < 4.78 is 0. The van der Waals surface area contributed by atoms with Crippen LogP contribution in [-0.4, -0.2) is 4.98 Å². The van der Waals surface area contributed by atoms with Crippen LogP contribution >= 0.6 is 0 Å². The van der Waals surface area contributed by atoms with E-state index in [-0.39, 0.29) is 5.41 Å². The molecule has 8 aromatic carbocycles. The van der Waals surface area contributed by atoms with Crippen LogP contribution in [0.2, 0.25) is 0 Å². The Labute approximate surface area is 286 Å². The second-order valence-electron chi connectivity index (χ2n) is 14.0. The predicted molar refractivity (Wildman–Crippen MR) is 208 cm³/mol. The summed E-state index contributed by atoms with van der Waals surface area (Å²) in [6.45, 7) is 4.71. The Bertz CT molecular complexity index is 2800. The van der Waals surface area contributed by atoms with Gasteiger partial charge in [-0.05, 0) is 124 Å². The Kier molecular flexibility index (Phi) is 5.99. The Hall–Kier alpha value is -6.05. The summed E-state index contributed by atoms with van der Waals surface area (Å²) in [4.78, 5) is 4.68. The molecule has 0 bridgehead atoms. The molecule has 1 aliphatic carbocycles. The fourth-order valence-corrected chi connectivity index (χ4v) is 8.45. The molecule has 10 rings (SSSR count). The minimum absolute atomic E-state index is 0.0541. The maximum absolute atomic E-state index is 4.68. The molecule has 0 amide bonds. The summed E-state index contributed by atoms with van der Waals surface area (Å²) >= 11 is 0.